The highest BCUT2D eigenvalue weighted by molar-refractivity contribution is 5.83. The van der Waals surface area contributed by atoms with Crippen LogP contribution in [0.5, 0.6) is 0 Å². The van der Waals surface area contributed by atoms with E-state index in [1.54, 1.807) is 0 Å². The number of hydrogen-bond acceptors (Lipinski definition) is 3. The molecule has 1 aromatic carbocycles. The minimum atomic E-state index is -0.519. The Morgan fingerprint density at radius 2 is 2.00 bits per heavy atom. The maximum atomic E-state index is 12.5. The molecule has 0 saturated carbocycles. The van der Waals surface area contributed by atoms with Gasteiger partial charge in [0.25, 0.3) is 0 Å². The van der Waals surface area contributed by atoms with Gasteiger partial charge in [0.05, 0.1) is 0 Å². The molecule has 3 rings (SSSR count). The summed E-state index contributed by atoms with van der Waals surface area (Å²) >= 11 is 0. The van der Waals surface area contributed by atoms with E-state index in [1.165, 1.54) is 19.4 Å². The molecular formula is C15H21N3O. The van der Waals surface area contributed by atoms with Gasteiger partial charge in [0.15, 0.2) is 0 Å². The fraction of sp³-hybridized carbons (Fsp3) is 0.533. The molecule has 1 aromatic rings. The first kappa shape index (κ1) is 12.6. The van der Waals surface area contributed by atoms with Crippen LogP contribution in [0.2, 0.25) is 0 Å². The smallest absolute Gasteiger partial charge is 0.244 e. The standard InChI is InChI=1S/C15H21N3O/c16-14(12-5-2-1-3-6-12)15(19)18-10-9-17-8-4-7-13(17)11-18/h1-3,5-6,13-14H,4,7-11,16H2/t13?,14-/m0/s1. The summed E-state index contributed by atoms with van der Waals surface area (Å²) in [5.74, 6) is 0.0674. The van der Waals surface area contributed by atoms with E-state index in [0.29, 0.717) is 6.04 Å². The summed E-state index contributed by atoms with van der Waals surface area (Å²) in [5.41, 5.74) is 7.01. The van der Waals surface area contributed by atoms with Gasteiger partial charge in [-0.25, -0.2) is 0 Å². The van der Waals surface area contributed by atoms with E-state index in [1.807, 2.05) is 35.2 Å². The van der Waals surface area contributed by atoms with Crippen LogP contribution in [-0.4, -0.2) is 47.9 Å². The zero-order valence-electron chi connectivity index (χ0n) is 11.2. The van der Waals surface area contributed by atoms with E-state index < -0.39 is 6.04 Å². The summed E-state index contributed by atoms with van der Waals surface area (Å²) in [6.45, 7) is 3.85. The van der Waals surface area contributed by atoms with Crippen molar-refractivity contribution in [2.75, 3.05) is 26.2 Å². The van der Waals surface area contributed by atoms with Gasteiger partial charge in [-0.3, -0.25) is 9.69 Å². The normalized spacial score (nSPS) is 25.1. The minimum absolute atomic E-state index is 0.0674. The molecule has 2 aliphatic heterocycles. The molecule has 102 valence electrons. The van der Waals surface area contributed by atoms with E-state index in [0.717, 1.165) is 25.2 Å². The molecular weight excluding hydrogens is 238 g/mol. The number of piperazine rings is 1. The highest BCUT2D eigenvalue weighted by atomic mass is 16.2. The molecule has 2 N–H and O–H groups in total. The quantitative estimate of drug-likeness (QED) is 0.862. The molecule has 2 fully saturated rings. The van der Waals surface area contributed by atoms with Crippen molar-refractivity contribution in [2.45, 2.75) is 24.9 Å². The molecule has 2 heterocycles. The number of rotatable bonds is 2. The first-order chi connectivity index (χ1) is 9.25. The highest BCUT2D eigenvalue weighted by Gasteiger charge is 2.34. The summed E-state index contributed by atoms with van der Waals surface area (Å²) in [6, 6.07) is 9.69. The van der Waals surface area contributed by atoms with Crippen LogP contribution in [0.4, 0.5) is 0 Å². The van der Waals surface area contributed by atoms with Crippen LogP contribution in [0.1, 0.15) is 24.4 Å². The van der Waals surface area contributed by atoms with E-state index in [4.69, 9.17) is 5.73 Å². The predicted molar refractivity (Wildman–Crippen MR) is 74.5 cm³/mol. The number of fused-ring (bicyclic) bond motifs is 1. The number of nitrogens with zero attached hydrogens (tertiary/aromatic N) is 2. The van der Waals surface area contributed by atoms with Crippen LogP contribution in [0, 0.1) is 0 Å². The Kier molecular flexibility index (Phi) is 3.53. The van der Waals surface area contributed by atoms with E-state index in [2.05, 4.69) is 4.90 Å². The van der Waals surface area contributed by atoms with Gasteiger partial charge in [0, 0.05) is 25.7 Å². The van der Waals surface area contributed by atoms with Gasteiger partial charge >= 0.3 is 0 Å². The summed E-state index contributed by atoms with van der Waals surface area (Å²) < 4.78 is 0. The first-order valence-corrected chi connectivity index (χ1v) is 7.09. The van der Waals surface area contributed by atoms with Crippen molar-refractivity contribution in [1.29, 1.82) is 0 Å². The molecule has 0 spiro atoms. The Morgan fingerprint density at radius 3 is 2.79 bits per heavy atom. The zero-order valence-corrected chi connectivity index (χ0v) is 11.2. The van der Waals surface area contributed by atoms with Gasteiger partial charge in [-0.1, -0.05) is 30.3 Å². The number of benzene rings is 1. The van der Waals surface area contributed by atoms with Crippen LogP contribution >= 0.6 is 0 Å². The van der Waals surface area contributed by atoms with Crippen molar-refractivity contribution in [3.05, 3.63) is 35.9 Å². The molecule has 0 bridgehead atoms. The molecule has 1 amide bonds. The first-order valence-electron chi connectivity index (χ1n) is 7.09. The van der Waals surface area contributed by atoms with Crippen LogP contribution in [0.15, 0.2) is 30.3 Å². The Hall–Kier alpha value is -1.39. The molecule has 0 aliphatic carbocycles. The van der Waals surface area contributed by atoms with E-state index in [-0.39, 0.29) is 5.91 Å². The van der Waals surface area contributed by atoms with E-state index in [9.17, 15) is 4.79 Å². The summed E-state index contributed by atoms with van der Waals surface area (Å²) in [7, 11) is 0. The monoisotopic (exact) mass is 259 g/mol. The largest absolute Gasteiger partial charge is 0.338 e. The molecule has 0 radical (unpaired) electrons. The maximum absolute atomic E-state index is 12.5. The Labute approximate surface area is 114 Å². The van der Waals surface area contributed by atoms with Gasteiger partial charge < -0.3 is 10.6 Å². The van der Waals surface area contributed by atoms with Crippen molar-refractivity contribution in [1.82, 2.24) is 9.80 Å². The average molecular weight is 259 g/mol. The van der Waals surface area contributed by atoms with Crippen LogP contribution in [0.25, 0.3) is 0 Å². The van der Waals surface area contributed by atoms with Crippen LogP contribution < -0.4 is 5.73 Å². The van der Waals surface area contributed by atoms with Crippen molar-refractivity contribution in [3.63, 3.8) is 0 Å². The lowest BCUT2D eigenvalue weighted by atomic mass is 10.1. The summed E-state index contributed by atoms with van der Waals surface area (Å²) in [6.07, 6.45) is 2.47. The molecule has 2 saturated heterocycles. The number of carbonyl (C=O) groups is 1. The van der Waals surface area contributed by atoms with Gasteiger partial charge in [-0.15, -0.1) is 0 Å². The lowest BCUT2D eigenvalue weighted by Crippen LogP contribution is -2.53. The second-order valence-corrected chi connectivity index (χ2v) is 5.50. The summed E-state index contributed by atoms with van der Waals surface area (Å²) in [5, 5.41) is 0. The fourth-order valence-corrected chi connectivity index (χ4v) is 3.19. The SMILES string of the molecule is N[C@H](C(=O)N1CCN2CCCC2C1)c1ccccc1. The molecule has 2 atom stereocenters. The Balaban J connectivity index is 1.67. The number of carbonyl (C=O) groups excluding carboxylic acids is 1. The van der Waals surface area contributed by atoms with Gasteiger partial charge in [-0.05, 0) is 24.9 Å². The molecule has 2 aliphatic rings. The fourth-order valence-electron chi connectivity index (χ4n) is 3.19. The number of hydrogen-bond donors (Lipinski definition) is 1. The Morgan fingerprint density at radius 1 is 1.21 bits per heavy atom. The molecule has 4 nitrogen and oxygen atoms in total. The van der Waals surface area contributed by atoms with Gasteiger partial charge in [0.2, 0.25) is 5.91 Å². The second-order valence-electron chi connectivity index (χ2n) is 5.50. The lowest BCUT2D eigenvalue weighted by Gasteiger charge is -2.38. The number of amides is 1. The third-order valence-corrected chi connectivity index (χ3v) is 4.32. The minimum Gasteiger partial charge on any atom is -0.338 e. The van der Waals surface area contributed by atoms with Gasteiger partial charge in [0.1, 0.15) is 6.04 Å². The summed E-state index contributed by atoms with van der Waals surface area (Å²) in [4.78, 5) is 16.9. The molecule has 0 aromatic heterocycles. The van der Waals surface area contributed by atoms with Crippen molar-refractivity contribution < 1.29 is 4.79 Å². The second kappa shape index (κ2) is 5.31. The molecule has 4 heteroatoms. The lowest BCUT2D eigenvalue weighted by molar-refractivity contribution is -0.135. The van der Waals surface area contributed by atoms with Crippen molar-refractivity contribution >= 4 is 5.91 Å². The average Bonchev–Trinajstić information content (AvgIpc) is 2.94. The van der Waals surface area contributed by atoms with Crippen molar-refractivity contribution in [3.8, 4) is 0 Å². The van der Waals surface area contributed by atoms with Crippen LogP contribution in [-0.2, 0) is 4.79 Å². The third kappa shape index (κ3) is 2.51. The topological polar surface area (TPSA) is 49.6 Å². The molecule has 19 heavy (non-hydrogen) atoms. The zero-order chi connectivity index (χ0) is 13.2. The van der Waals surface area contributed by atoms with Crippen molar-refractivity contribution in [2.24, 2.45) is 5.73 Å². The predicted octanol–water partition coefficient (Wildman–Crippen LogP) is 0.993. The molecule has 1 unspecified atom stereocenters. The van der Waals surface area contributed by atoms with Gasteiger partial charge in [-0.2, -0.15) is 0 Å². The maximum Gasteiger partial charge on any atom is 0.244 e. The highest BCUT2D eigenvalue weighted by Crippen LogP contribution is 2.23. The van der Waals surface area contributed by atoms with Crippen LogP contribution in [0.3, 0.4) is 0 Å². The third-order valence-electron chi connectivity index (χ3n) is 4.32. The van der Waals surface area contributed by atoms with E-state index >= 15 is 0 Å². The Bertz CT molecular complexity index is 448. The number of nitrogens with two attached hydrogens (primary N) is 1.